The molecule has 2 aliphatic rings. The zero-order chi connectivity index (χ0) is 49.5. The number of anilines is 1. The van der Waals surface area contributed by atoms with E-state index in [9.17, 15) is 47.7 Å². The van der Waals surface area contributed by atoms with Crippen LogP contribution in [0.5, 0.6) is 23.0 Å². The van der Waals surface area contributed by atoms with Crippen molar-refractivity contribution in [3.05, 3.63) is 165 Å². The summed E-state index contributed by atoms with van der Waals surface area (Å²) in [7, 11) is 0. The summed E-state index contributed by atoms with van der Waals surface area (Å²) in [5.41, 5.74) is -0.298. The maximum Gasteiger partial charge on any atom is 0.417 e. The number of benzene rings is 6. The van der Waals surface area contributed by atoms with Gasteiger partial charge in [-0.15, -0.1) is 0 Å². The van der Waals surface area contributed by atoms with Gasteiger partial charge in [-0.05, 0) is 104 Å². The van der Waals surface area contributed by atoms with Crippen LogP contribution in [0.2, 0.25) is 5.02 Å². The Kier molecular flexibility index (Phi) is 12.7. The molecule has 0 saturated carbocycles. The van der Waals surface area contributed by atoms with Crippen LogP contribution < -0.4 is 20.7 Å². The Hall–Kier alpha value is -7.96. The van der Waals surface area contributed by atoms with Crippen molar-refractivity contribution in [3.63, 3.8) is 0 Å². The van der Waals surface area contributed by atoms with Crippen molar-refractivity contribution in [2.45, 2.75) is 43.9 Å². The number of carboxylic acid groups (broad SMARTS) is 1. The molecule has 0 fully saturated rings. The average Bonchev–Trinajstić information content (AvgIpc) is 3.85. The number of aromatic nitrogens is 2. The van der Waals surface area contributed by atoms with Crippen molar-refractivity contribution in [2.75, 3.05) is 18.4 Å². The Bertz CT molecular complexity index is 3240. The van der Waals surface area contributed by atoms with E-state index in [2.05, 4.69) is 21.0 Å². The number of hydrogen-bond acceptors (Lipinski definition) is 10. The minimum Gasteiger partial charge on any atom is -0.508 e. The lowest BCUT2D eigenvalue weighted by molar-refractivity contribution is -0.137. The Balaban J connectivity index is 0.780. The molecule has 0 bridgehead atoms. The molecule has 6 aromatic carbocycles. The lowest BCUT2D eigenvalue weighted by Gasteiger charge is -2.36. The maximum absolute atomic E-state index is 14.1. The number of aromatic carboxylic acids is 1. The summed E-state index contributed by atoms with van der Waals surface area (Å²) < 4.78 is 55.2. The predicted octanol–water partition coefficient (Wildman–Crippen LogP) is 10.4. The largest absolute Gasteiger partial charge is 0.508 e. The highest BCUT2D eigenvalue weighted by atomic mass is 35.5. The van der Waals surface area contributed by atoms with E-state index in [0.717, 1.165) is 48.6 Å². The summed E-state index contributed by atoms with van der Waals surface area (Å²) in [4.78, 5) is 52.2. The molecule has 19 heteroatoms. The van der Waals surface area contributed by atoms with Crippen LogP contribution in [-0.4, -0.2) is 67.1 Å². The van der Waals surface area contributed by atoms with Crippen LogP contribution in [0.3, 0.4) is 0 Å². The maximum atomic E-state index is 14.1. The number of hydrogen-bond donors (Lipinski definition) is 6. The van der Waals surface area contributed by atoms with Gasteiger partial charge in [0.2, 0.25) is 0 Å². The molecule has 0 saturated heterocycles. The number of alkyl halides is 3. The van der Waals surface area contributed by atoms with Crippen LogP contribution >= 0.6 is 23.8 Å². The molecule has 1 amide bonds. The summed E-state index contributed by atoms with van der Waals surface area (Å²) in [6.45, 7) is 0.892. The van der Waals surface area contributed by atoms with Gasteiger partial charge in [-0.1, -0.05) is 55.1 Å². The molecule has 0 radical (unpaired) electrons. The normalized spacial score (nSPS) is 13.2. The SMILES string of the molecule is O=C(O)c1ccc(-c2nn(C(=O)c3c(Cl)cccc3C(F)(F)F)c3cc(C(=O)NCCCCCCCNC(=S)Nc4ccc5c(c4)C(=O)OC54c5ccc(O)cc5Oc5cc(O)ccc54)ccc23)cc1. The highest BCUT2D eigenvalue weighted by molar-refractivity contribution is 7.80. The Morgan fingerprint density at radius 3 is 2.04 bits per heavy atom. The lowest BCUT2D eigenvalue weighted by Crippen LogP contribution is -2.33. The van der Waals surface area contributed by atoms with E-state index in [1.54, 1.807) is 30.3 Å². The van der Waals surface area contributed by atoms with Crippen LogP contribution in [0.4, 0.5) is 18.9 Å². The Morgan fingerprint density at radius 1 is 0.757 bits per heavy atom. The van der Waals surface area contributed by atoms with E-state index < -0.39 is 51.7 Å². The van der Waals surface area contributed by atoms with Gasteiger partial charge in [0.25, 0.3) is 11.8 Å². The van der Waals surface area contributed by atoms with Crippen molar-refractivity contribution in [2.24, 2.45) is 0 Å². The van der Waals surface area contributed by atoms with Crippen molar-refractivity contribution >= 4 is 69.3 Å². The van der Waals surface area contributed by atoms with Gasteiger partial charge in [-0.2, -0.15) is 23.0 Å². The summed E-state index contributed by atoms with van der Waals surface area (Å²) >= 11 is 11.7. The molecule has 3 heterocycles. The number of rotatable bonds is 13. The second-order valence-electron chi connectivity index (χ2n) is 16.5. The van der Waals surface area contributed by atoms with E-state index in [-0.39, 0.29) is 45.3 Å². The van der Waals surface area contributed by atoms with Crippen molar-refractivity contribution < 1.29 is 57.1 Å². The molecule has 6 N–H and O–H groups in total. The van der Waals surface area contributed by atoms with Crippen molar-refractivity contribution in [1.82, 2.24) is 20.4 Å². The number of unbranched alkanes of at least 4 members (excludes halogenated alkanes) is 4. The molecule has 7 aromatic rings. The molecule has 2 aliphatic heterocycles. The number of aromatic hydroxyl groups is 2. The fourth-order valence-corrected chi connectivity index (χ4v) is 9.20. The molecule has 0 aliphatic carbocycles. The average molecular weight is 990 g/mol. The van der Waals surface area contributed by atoms with Crippen LogP contribution in [0.25, 0.3) is 22.2 Å². The topological polar surface area (TPSA) is 201 Å². The first-order valence-corrected chi connectivity index (χ1v) is 22.6. The zero-order valence-corrected chi connectivity index (χ0v) is 38.1. The summed E-state index contributed by atoms with van der Waals surface area (Å²) in [5, 5.41) is 43.5. The number of ether oxygens (including phenoxy) is 2. The second-order valence-corrected chi connectivity index (χ2v) is 17.4. The lowest BCUT2D eigenvalue weighted by atomic mass is 9.77. The molecule has 1 aromatic heterocycles. The molecule has 0 atom stereocenters. The third kappa shape index (κ3) is 8.94. The fourth-order valence-electron chi connectivity index (χ4n) is 8.72. The smallest absolute Gasteiger partial charge is 0.417 e. The Morgan fingerprint density at radius 2 is 1.39 bits per heavy atom. The van der Waals surface area contributed by atoms with E-state index in [0.29, 0.717) is 63.5 Å². The van der Waals surface area contributed by atoms with Crippen LogP contribution in [0.1, 0.15) is 95.8 Å². The number of carbonyl (C=O) groups is 4. The summed E-state index contributed by atoms with van der Waals surface area (Å²) in [5.74, 6) is -2.92. The first-order valence-electron chi connectivity index (χ1n) is 21.9. The highest BCUT2D eigenvalue weighted by Crippen LogP contribution is 2.57. The van der Waals surface area contributed by atoms with E-state index >= 15 is 0 Å². The van der Waals surface area contributed by atoms with Gasteiger partial charge >= 0.3 is 18.1 Å². The third-order valence-corrected chi connectivity index (χ3v) is 12.6. The second kappa shape index (κ2) is 18.9. The number of nitrogens with one attached hydrogen (secondary N) is 3. The molecule has 70 heavy (non-hydrogen) atoms. The quantitative estimate of drug-likeness (QED) is 0.0362. The van der Waals surface area contributed by atoms with E-state index in [1.807, 2.05) is 0 Å². The monoisotopic (exact) mass is 989 g/mol. The third-order valence-electron chi connectivity index (χ3n) is 12.0. The number of phenolic OH excluding ortho intramolecular Hbond substituents is 2. The van der Waals surface area contributed by atoms with Gasteiger partial charge in [0.1, 0.15) is 28.7 Å². The number of nitrogens with zero attached hydrogens (tertiary/aromatic N) is 2. The number of amides is 1. The number of fused-ring (bicyclic) bond motifs is 7. The number of carboxylic acids is 1. The number of thiocarbonyl (C=S) groups is 1. The van der Waals surface area contributed by atoms with Gasteiger partial charge < -0.3 is 40.7 Å². The van der Waals surface area contributed by atoms with Gasteiger partial charge in [0.15, 0.2) is 10.7 Å². The highest BCUT2D eigenvalue weighted by Gasteiger charge is 2.53. The number of esters is 1. The number of phenols is 2. The van der Waals surface area contributed by atoms with Crippen LogP contribution in [0, 0.1) is 0 Å². The van der Waals surface area contributed by atoms with Gasteiger partial charge in [0, 0.05) is 64.1 Å². The van der Waals surface area contributed by atoms with Crippen LogP contribution in [0.15, 0.2) is 115 Å². The molecular formula is C51H39ClF3N5O9S. The van der Waals surface area contributed by atoms with Crippen molar-refractivity contribution in [1.29, 1.82) is 0 Å². The van der Waals surface area contributed by atoms with Crippen molar-refractivity contribution in [3.8, 4) is 34.3 Å². The predicted molar refractivity (Wildman–Crippen MR) is 256 cm³/mol. The van der Waals surface area contributed by atoms with Gasteiger partial charge in [0.05, 0.1) is 32.8 Å². The first kappa shape index (κ1) is 47.1. The molecule has 9 rings (SSSR count). The standard InChI is InChI=1S/C51H39ClF3N5O9S/c52-39-8-6-7-38(51(53,54)55)43(39)46(64)60-40-23-29(13-17-33(40)44(59-60)27-9-11-28(12-10-27)47(65)66)45(63)56-21-4-2-1-3-5-22-57-49(70)58-30-14-18-35-34(24-30)48(67)69-50(35)36-19-15-31(61)25-41(36)68-42-26-32(62)16-20-37(42)50/h6-20,23-26,61-62H,1-5,21-22H2,(H,56,63)(H,65,66)(H2,57,58,70). The summed E-state index contributed by atoms with van der Waals surface area (Å²) in [6, 6.07) is 27.3. The first-order chi connectivity index (χ1) is 33.5. The zero-order valence-electron chi connectivity index (χ0n) is 36.5. The fraction of sp³-hybridized carbons (Fsp3) is 0.176. The van der Waals surface area contributed by atoms with E-state index in [1.165, 1.54) is 66.7 Å². The van der Waals surface area contributed by atoms with Gasteiger partial charge in [-0.3, -0.25) is 9.59 Å². The number of halogens is 4. The molecule has 0 unspecified atom stereocenters. The Labute approximate surface area is 406 Å². The van der Waals surface area contributed by atoms with Crippen LogP contribution in [-0.2, 0) is 16.5 Å². The molecule has 14 nitrogen and oxygen atoms in total. The molecule has 1 spiro atoms. The van der Waals surface area contributed by atoms with E-state index in [4.69, 9.17) is 33.3 Å². The molecular weight excluding hydrogens is 951 g/mol. The minimum atomic E-state index is -4.92. The number of carbonyl (C=O) groups excluding carboxylic acids is 3. The molecule has 356 valence electrons. The minimum absolute atomic E-state index is 0.0113. The van der Waals surface area contributed by atoms with Gasteiger partial charge in [-0.25, -0.2) is 9.59 Å². The summed E-state index contributed by atoms with van der Waals surface area (Å²) in [6.07, 6.45) is -0.974.